The summed E-state index contributed by atoms with van der Waals surface area (Å²) >= 11 is 1.53. The fourth-order valence-electron chi connectivity index (χ4n) is 1.74. The summed E-state index contributed by atoms with van der Waals surface area (Å²) in [5.74, 6) is 0.208. The molecule has 0 radical (unpaired) electrons. The fourth-order valence-corrected chi connectivity index (χ4v) is 2.78. The minimum absolute atomic E-state index is 0.208. The van der Waals surface area contributed by atoms with Gasteiger partial charge in [0.15, 0.2) is 0 Å². The number of nitrogen functional groups attached to an aromatic ring is 1. The number of benzene rings is 2. The van der Waals surface area contributed by atoms with Crippen LogP contribution >= 0.6 is 11.3 Å². The van der Waals surface area contributed by atoms with E-state index in [1.54, 1.807) is 6.07 Å². The molecule has 1 aromatic heterocycles. The number of nitrogens with zero attached hydrogens (tertiary/aromatic N) is 1. The molecule has 3 N–H and O–H groups in total. The Kier molecular flexibility index (Phi) is 2.23. The molecular formula is C13H10N2OS. The first-order chi connectivity index (χ1) is 8.25. The van der Waals surface area contributed by atoms with Gasteiger partial charge in [-0.2, -0.15) is 0 Å². The van der Waals surface area contributed by atoms with Crippen molar-refractivity contribution in [3.8, 4) is 16.3 Å². The van der Waals surface area contributed by atoms with Crippen LogP contribution < -0.4 is 5.73 Å². The van der Waals surface area contributed by atoms with E-state index in [4.69, 9.17) is 5.73 Å². The molecule has 0 saturated carbocycles. The molecule has 0 bridgehead atoms. The Morgan fingerprint density at radius 1 is 1.06 bits per heavy atom. The second kappa shape index (κ2) is 3.75. The van der Waals surface area contributed by atoms with Crippen LogP contribution in [0.2, 0.25) is 0 Å². The maximum atomic E-state index is 9.71. The van der Waals surface area contributed by atoms with Crippen LogP contribution in [0.1, 0.15) is 0 Å². The molecule has 0 aliphatic heterocycles. The molecule has 84 valence electrons. The van der Waals surface area contributed by atoms with E-state index in [1.165, 1.54) is 11.3 Å². The molecule has 0 amide bonds. The minimum atomic E-state index is 0.208. The van der Waals surface area contributed by atoms with Crippen molar-refractivity contribution in [2.75, 3.05) is 5.73 Å². The second-order valence-corrected chi connectivity index (χ2v) is 4.76. The molecule has 3 nitrogen and oxygen atoms in total. The monoisotopic (exact) mass is 242 g/mol. The van der Waals surface area contributed by atoms with E-state index in [0.29, 0.717) is 11.2 Å². The Bertz CT molecular complexity index is 691. The van der Waals surface area contributed by atoms with Gasteiger partial charge in [0.25, 0.3) is 0 Å². The van der Waals surface area contributed by atoms with E-state index in [1.807, 2.05) is 36.4 Å². The van der Waals surface area contributed by atoms with Crippen LogP contribution in [-0.4, -0.2) is 10.1 Å². The van der Waals surface area contributed by atoms with Gasteiger partial charge in [0.2, 0.25) is 0 Å². The number of para-hydroxylation sites is 2. The van der Waals surface area contributed by atoms with E-state index in [9.17, 15) is 5.11 Å². The molecule has 0 fully saturated rings. The van der Waals surface area contributed by atoms with Crippen LogP contribution in [0.5, 0.6) is 5.75 Å². The third-order valence-corrected chi connectivity index (χ3v) is 3.64. The predicted octanol–water partition coefficient (Wildman–Crippen LogP) is 3.25. The highest BCUT2D eigenvalue weighted by atomic mass is 32.1. The summed E-state index contributed by atoms with van der Waals surface area (Å²) in [6.07, 6.45) is 0. The van der Waals surface area contributed by atoms with Gasteiger partial charge in [-0.05, 0) is 24.3 Å². The predicted molar refractivity (Wildman–Crippen MR) is 71.1 cm³/mol. The van der Waals surface area contributed by atoms with E-state index in [-0.39, 0.29) is 5.75 Å². The number of nitrogens with two attached hydrogens (primary N) is 1. The maximum Gasteiger partial charge on any atom is 0.142 e. The number of fused-ring (bicyclic) bond motifs is 1. The molecule has 0 aliphatic carbocycles. The van der Waals surface area contributed by atoms with E-state index >= 15 is 0 Å². The average Bonchev–Trinajstić information content (AvgIpc) is 2.75. The Hall–Kier alpha value is -2.07. The standard InChI is InChI=1S/C13H10N2OS/c14-9-5-2-1-4-8(9)13-15-12-10(16)6-3-7-11(12)17-13/h1-7,16H,14H2. The van der Waals surface area contributed by atoms with E-state index in [2.05, 4.69) is 4.98 Å². The third kappa shape index (κ3) is 1.62. The van der Waals surface area contributed by atoms with Crippen molar-refractivity contribution in [3.05, 3.63) is 42.5 Å². The lowest BCUT2D eigenvalue weighted by Gasteiger charge is -1.99. The molecule has 0 atom stereocenters. The normalized spacial score (nSPS) is 10.8. The molecule has 17 heavy (non-hydrogen) atoms. The molecule has 0 saturated heterocycles. The number of anilines is 1. The maximum absolute atomic E-state index is 9.71. The molecule has 1 heterocycles. The zero-order valence-corrected chi connectivity index (χ0v) is 9.74. The first-order valence-electron chi connectivity index (χ1n) is 5.19. The Morgan fingerprint density at radius 2 is 1.88 bits per heavy atom. The number of phenols is 1. The van der Waals surface area contributed by atoms with Crippen molar-refractivity contribution in [1.82, 2.24) is 4.98 Å². The summed E-state index contributed by atoms with van der Waals surface area (Å²) in [7, 11) is 0. The third-order valence-electron chi connectivity index (χ3n) is 2.59. The van der Waals surface area contributed by atoms with Gasteiger partial charge in [0.1, 0.15) is 16.3 Å². The van der Waals surface area contributed by atoms with Crippen molar-refractivity contribution in [2.45, 2.75) is 0 Å². The smallest absolute Gasteiger partial charge is 0.142 e. The number of aromatic hydroxyl groups is 1. The lowest BCUT2D eigenvalue weighted by atomic mass is 10.2. The Balaban J connectivity index is 2.26. The minimum Gasteiger partial charge on any atom is -0.506 e. The molecule has 2 aromatic carbocycles. The average molecular weight is 242 g/mol. The highest BCUT2D eigenvalue weighted by Gasteiger charge is 2.10. The molecule has 0 spiro atoms. The van der Waals surface area contributed by atoms with Crippen molar-refractivity contribution >= 4 is 27.2 Å². The van der Waals surface area contributed by atoms with Gasteiger partial charge < -0.3 is 10.8 Å². The zero-order valence-electron chi connectivity index (χ0n) is 8.92. The van der Waals surface area contributed by atoms with Crippen LogP contribution in [0.25, 0.3) is 20.8 Å². The number of aromatic nitrogens is 1. The van der Waals surface area contributed by atoms with Gasteiger partial charge in [-0.3, -0.25) is 0 Å². The number of rotatable bonds is 1. The number of phenolic OH excluding ortho intramolecular Hbond substituents is 1. The van der Waals surface area contributed by atoms with E-state index in [0.717, 1.165) is 15.3 Å². The Morgan fingerprint density at radius 3 is 2.65 bits per heavy atom. The van der Waals surface area contributed by atoms with Gasteiger partial charge in [0.05, 0.1) is 4.70 Å². The van der Waals surface area contributed by atoms with Crippen LogP contribution in [0.3, 0.4) is 0 Å². The van der Waals surface area contributed by atoms with E-state index < -0.39 is 0 Å². The van der Waals surface area contributed by atoms with Gasteiger partial charge >= 0.3 is 0 Å². The largest absolute Gasteiger partial charge is 0.506 e. The first kappa shape index (κ1) is 10.1. The SMILES string of the molecule is Nc1ccccc1-c1nc2c(O)cccc2s1. The summed E-state index contributed by atoms with van der Waals surface area (Å²) in [5.41, 5.74) is 8.16. The molecule has 4 heteroatoms. The Labute approximate surface area is 102 Å². The topological polar surface area (TPSA) is 59.1 Å². The molecule has 0 unspecified atom stereocenters. The van der Waals surface area contributed by atoms with Crippen molar-refractivity contribution in [1.29, 1.82) is 0 Å². The zero-order chi connectivity index (χ0) is 11.8. The first-order valence-corrected chi connectivity index (χ1v) is 6.01. The summed E-state index contributed by atoms with van der Waals surface area (Å²) < 4.78 is 0.961. The van der Waals surface area contributed by atoms with Gasteiger partial charge in [-0.15, -0.1) is 11.3 Å². The van der Waals surface area contributed by atoms with Crippen LogP contribution in [-0.2, 0) is 0 Å². The van der Waals surface area contributed by atoms with Gasteiger partial charge in [-0.1, -0.05) is 18.2 Å². The number of hydrogen-bond donors (Lipinski definition) is 2. The highest BCUT2D eigenvalue weighted by molar-refractivity contribution is 7.21. The molecule has 3 rings (SSSR count). The van der Waals surface area contributed by atoms with Crippen molar-refractivity contribution < 1.29 is 5.11 Å². The van der Waals surface area contributed by atoms with Crippen molar-refractivity contribution in [3.63, 3.8) is 0 Å². The second-order valence-electron chi connectivity index (χ2n) is 3.73. The summed E-state index contributed by atoms with van der Waals surface area (Å²) in [4.78, 5) is 4.43. The number of thiazole rings is 1. The summed E-state index contributed by atoms with van der Waals surface area (Å²) in [5, 5.41) is 10.5. The molecule has 3 aromatic rings. The summed E-state index contributed by atoms with van der Waals surface area (Å²) in [6.45, 7) is 0. The fraction of sp³-hybridized carbons (Fsp3) is 0. The van der Waals surface area contributed by atoms with Crippen molar-refractivity contribution in [2.24, 2.45) is 0 Å². The summed E-state index contributed by atoms with van der Waals surface area (Å²) in [6, 6.07) is 13.0. The van der Waals surface area contributed by atoms with Gasteiger partial charge in [0, 0.05) is 11.3 Å². The van der Waals surface area contributed by atoms with Crippen LogP contribution in [0.15, 0.2) is 42.5 Å². The molecule has 0 aliphatic rings. The molecular weight excluding hydrogens is 232 g/mol. The highest BCUT2D eigenvalue weighted by Crippen LogP contribution is 2.36. The lowest BCUT2D eigenvalue weighted by molar-refractivity contribution is 0.480. The van der Waals surface area contributed by atoms with Gasteiger partial charge in [-0.25, -0.2) is 4.98 Å². The quantitative estimate of drug-likeness (QED) is 0.644. The lowest BCUT2D eigenvalue weighted by Crippen LogP contribution is -1.88. The van der Waals surface area contributed by atoms with Crippen LogP contribution in [0, 0.1) is 0 Å². The van der Waals surface area contributed by atoms with Crippen LogP contribution in [0.4, 0.5) is 5.69 Å². The number of hydrogen-bond acceptors (Lipinski definition) is 4.